The third-order valence-electron chi connectivity index (χ3n) is 3.58. The molecule has 2 amide bonds. The largest absolute Gasteiger partial charge is 0.450 e. The Morgan fingerprint density at radius 1 is 1.38 bits per heavy atom. The van der Waals surface area contributed by atoms with Crippen LogP contribution >= 0.6 is 11.3 Å². The molecule has 2 heterocycles. The summed E-state index contributed by atoms with van der Waals surface area (Å²) in [6, 6.07) is 0.0905. The van der Waals surface area contributed by atoms with Gasteiger partial charge in [0.25, 0.3) is 5.91 Å². The van der Waals surface area contributed by atoms with E-state index in [4.69, 9.17) is 4.74 Å². The molecule has 0 aliphatic carbocycles. The summed E-state index contributed by atoms with van der Waals surface area (Å²) >= 11 is 1.42. The van der Waals surface area contributed by atoms with E-state index in [-0.39, 0.29) is 18.0 Å². The van der Waals surface area contributed by atoms with Gasteiger partial charge in [0.2, 0.25) is 0 Å². The summed E-state index contributed by atoms with van der Waals surface area (Å²) in [7, 11) is 0. The number of nitrogens with one attached hydrogen (secondary N) is 1. The molecule has 0 spiro atoms. The molecule has 0 radical (unpaired) electrons. The van der Waals surface area contributed by atoms with E-state index in [1.165, 1.54) is 11.3 Å². The zero-order valence-electron chi connectivity index (χ0n) is 12.6. The summed E-state index contributed by atoms with van der Waals surface area (Å²) in [4.78, 5) is 30.7. The first-order valence-electron chi connectivity index (χ1n) is 7.17. The van der Waals surface area contributed by atoms with Crippen molar-refractivity contribution >= 4 is 23.3 Å². The van der Waals surface area contributed by atoms with Crippen molar-refractivity contribution in [2.24, 2.45) is 0 Å². The minimum atomic E-state index is -0.270. The van der Waals surface area contributed by atoms with Crippen LogP contribution in [0, 0.1) is 13.8 Å². The second-order valence-electron chi connectivity index (χ2n) is 5.09. The maximum absolute atomic E-state index is 12.1. The summed E-state index contributed by atoms with van der Waals surface area (Å²) in [5.41, 5.74) is 0.905. The second-order valence-corrected chi connectivity index (χ2v) is 6.30. The summed E-state index contributed by atoms with van der Waals surface area (Å²) in [5, 5.41) is 3.51. The molecule has 0 bridgehead atoms. The van der Waals surface area contributed by atoms with Crippen LogP contribution in [0.3, 0.4) is 0 Å². The SMILES string of the molecule is CCOC(=O)N1CCC(NC(=O)c2nc(C)c(C)s2)CC1. The van der Waals surface area contributed by atoms with Gasteiger partial charge in [-0.2, -0.15) is 0 Å². The zero-order valence-corrected chi connectivity index (χ0v) is 13.5. The first kappa shape index (κ1) is 15.8. The van der Waals surface area contributed by atoms with Gasteiger partial charge in [-0.3, -0.25) is 4.79 Å². The normalized spacial score (nSPS) is 15.9. The summed E-state index contributed by atoms with van der Waals surface area (Å²) in [6.45, 7) is 7.27. The van der Waals surface area contributed by atoms with Crippen LogP contribution in [0.4, 0.5) is 4.79 Å². The van der Waals surface area contributed by atoms with Crippen molar-refractivity contribution in [3.63, 3.8) is 0 Å². The van der Waals surface area contributed by atoms with Crippen molar-refractivity contribution in [3.8, 4) is 0 Å². The Labute approximate surface area is 128 Å². The molecule has 0 aromatic carbocycles. The molecule has 1 aromatic rings. The highest BCUT2D eigenvalue weighted by Crippen LogP contribution is 2.17. The Kier molecular flexibility index (Phi) is 5.17. The molecule has 21 heavy (non-hydrogen) atoms. The number of rotatable bonds is 3. The number of ether oxygens (including phenoxy) is 1. The topological polar surface area (TPSA) is 71.5 Å². The van der Waals surface area contributed by atoms with Crippen LogP contribution in [-0.4, -0.2) is 47.6 Å². The number of thiazole rings is 1. The highest BCUT2D eigenvalue weighted by Gasteiger charge is 2.25. The van der Waals surface area contributed by atoms with Crippen LogP contribution in [0.2, 0.25) is 0 Å². The molecular weight excluding hydrogens is 290 g/mol. The molecule has 2 rings (SSSR count). The van der Waals surface area contributed by atoms with E-state index in [9.17, 15) is 9.59 Å². The fraction of sp³-hybridized carbons (Fsp3) is 0.643. The van der Waals surface area contributed by atoms with Gasteiger partial charge in [0, 0.05) is 24.0 Å². The summed E-state index contributed by atoms with van der Waals surface area (Å²) in [6.07, 6.45) is 1.22. The average Bonchev–Trinajstić information content (AvgIpc) is 2.80. The minimum Gasteiger partial charge on any atom is -0.450 e. The maximum atomic E-state index is 12.1. The number of piperidine rings is 1. The number of carbonyl (C=O) groups excluding carboxylic acids is 2. The first-order valence-corrected chi connectivity index (χ1v) is 7.99. The van der Waals surface area contributed by atoms with Gasteiger partial charge in [-0.05, 0) is 33.6 Å². The molecule has 7 heteroatoms. The standard InChI is InChI=1S/C14H21N3O3S/c1-4-20-14(19)17-7-5-11(6-8-17)16-12(18)13-15-9(2)10(3)21-13/h11H,4-8H2,1-3H3,(H,16,18). The van der Waals surface area contributed by atoms with Crippen molar-refractivity contribution in [3.05, 3.63) is 15.6 Å². The third kappa shape index (κ3) is 3.93. The van der Waals surface area contributed by atoms with E-state index in [1.54, 1.807) is 11.8 Å². The van der Waals surface area contributed by atoms with Gasteiger partial charge >= 0.3 is 6.09 Å². The van der Waals surface area contributed by atoms with Gasteiger partial charge in [-0.15, -0.1) is 11.3 Å². The summed E-state index contributed by atoms with van der Waals surface area (Å²) in [5.74, 6) is -0.120. The number of carbonyl (C=O) groups is 2. The predicted molar refractivity (Wildman–Crippen MR) is 80.7 cm³/mol. The number of hydrogen-bond donors (Lipinski definition) is 1. The Bertz CT molecular complexity index is 502. The van der Waals surface area contributed by atoms with E-state index in [0.717, 1.165) is 23.4 Å². The second kappa shape index (κ2) is 6.89. The lowest BCUT2D eigenvalue weighted by Crippen LogP contribution is -2.46. The Morgan fingerprint density at radius 2 is 2.05 bits per heavy atom. The molecular formula is C14H21N3O3S. The fourth-order valence-corrected chi connectivity index (χ4v) is 3.06. The number of aryl methyl sites for hydroxylation is 2. The molecule has 1 aromatic heterocycles. The van der Waals surface area contributed by atoms with Gasteiger partial charge in [-0.1, -0.05) is 0 Å². The quantitative estimate of drug-likeness (QED) is 0.928. The van der Waals surface area contributed by atoms with Gasteiger partial charge in [-0.25, -0.2) is 9.78 Å². The van der Waals surface area contributed by atoms with Crippen molar-refractivity contribution in [1.29, 1.82) is 0 Å². The number of hydrogen-bond acceptors (Lipinski definition) is 5. The highest BCUT2D eigenvalue weighted by atomic mass is 32.1. The molecule has 1 N–H and O–H groups in total. The van der Waals surface area contributed by atoms with E-state index in [0.29, 0.717) is 24.7 Å². The molecule has 1 saturated heterocycles. The Balaban J connectivity index is 1.83. The van der Waals surface area contributed by atoms with Crippen LogP contribution in [0.15, 0.2) is 0 Å². The van der Waals surface area contributed by atoms with Gasteiger partial charge in [0.05, 0.1) is 12.3 Å². The highest BCUT2D eigenvalue weighted by molar-refractivity contribution is 7.13. The molecule has 116 valence electrons. The van der Waals surface area contributed by atoms with Crippen LogP contribution in [-0.2, 0) is 4.74 Å². The monoisotopic (exact) mass is 311 g/mol. The van der Waals surface area contributed by atoms with E-state index in [1.807, 2.05) is 13.8 Å². The molecule has 1 fully saturated rings. The number of aromatic nitrogens is 1. The fourth-order valence-electron chi connectivity index (χ4n) is 2.24. The lowest BCUT2D eigenvalue weighted by molar-refractivity contribution is 0.0859. The lowest BCUT2D eigenvalue weighted by Gasteiger charge is -2.31. The van der Waals surface area contributed by atoms with Gasteiger partial charge in [0.15, 0.2) is 5.01 Å². The molecule has 1 aliphatic heterocycles. The Hall–Kier alpha value is -1.63. The molecule has 0 unspecified atom stereocenters. The van der Waals surface area contributed by atoms with Crippen LogP contribution in [0.5, 0.6) is 0 Å². The van der Waals surface area contributed by atoms with Gasteiger partial charge in [0.1, 0.15) is 0 Å². The van der Waals surface area contributed by atoms with Crippen molar-refractivity contribution < 1.29 is 14.3 Å². The molecule has 0 atom stereocenters. The summed E-state index contributed by atoms with van der Waals surface area (Å²) < 4.78 is 4.97. The predicted octanol–water partition coefficient (Wildman–Crippen LogP) is 2.11. The zero-order chi connectivity index (χ0) is 15.4. The van der Waals surface area contributed by atoms with Crippen molar-refractivity contribution in [2.75, 3.05) is 19.7 Å². The minimum absolute atomic E-state index is 0.0905. The number of nitrogens with zero attached hydrogens (tertiary/aromatic N) is 2. The smallest absolute Gasteiger partial charge is 0.409 e. The van der Waals surface area contributed by atoms with E-state index < -0.39 is 0 Å². The number of amides is 2. The third-order valence-corrected chi connectivity index (χ3v) is 4.65. The lowest BCUT2D eigenvalue weighted by atomic mass is 10.1. The Morgan fingerprint density at radius 3 is 2.57 bits per heavy atom. The van der Waals surface area contributed by atoms with Crippen LogP contribution < -0.4 is 5.32 Å². The van der Waals surface area contributed by atoms with Gasteiger partial charge < -0.3 is 15.0 Å². The average molecular weight is 311 g/mol. The van der Waals surface area contributed by atoms with Crippen molar-refractivity contribution in [2.45, 2.75) is 39.7 Å². The number of likely N-dealkylation sites (tertiary alicyclic amines) is 1. The van der Waals surface area contributed by atoms with Crippen LogP contribution in [0.25, 0.3) is 0 Å². The maximum Gasteiger partial charge on any atom is 0.409 e. The first-order chi connectivity index (χ1) is 10.0. The molecule has 0 saturated carbocycles. The van der Waals surface area contributed by atoms with E-state index >= 15 is 0 Å². The molecule has 6 nitrogen and oxygen atoms in total. The molecule has 1 aliphatic rings. The van der Waals surface area contributed by atoms with Crippen LogP contribution in [0.1, 0.15) is 40.1 Å². The van der Waals surface area contributed by atoms with Crippen molar-refractivity contribution in [1.82, 2.24) is 15.2 Å². The van der Waals surface area contributed by atoms with E-state index in [2.05, 4.69) is 10.3 Å².